The van der Waals surface area contributed by atoms with Gasteiger partial charge in [-0.3, -0.25) is 4.79 Å². The van der Waals surface area contributed by atoms with Crippen LogP contribution in [0.3, 0.4) is 0 Å². The number of carboxylic acids is 1. The maximum absolute atomic E-state index is 12.6. The molecular weight excluding hydrogens is 362 g/mol. The quantitative estimate of drug-likeness (QED) is 0.547. The summed E-state index contributed by atoms with van der Waals surface area (Å²) in [6.07, 6.45) is 1.25. The average Bonchev–Trinajstić information content (AvgIpc) is 2.70. The molecule has 0 aliphatic carbocycles. The number of benzene rings is 3. The molecule has 0 aliphatic heterocycles. The van der Waals surface area contributed by atoms with Gasteiger partial charge >= 0.3 is 5.97 Å². The van der Waals surface area contributed by atoms with Gasteiger partial charge in [0.05, 0.1) is 11.1 Å². The van der Waals surface area contributed by atoms with Crippen LogP contribution in [0.5, 0.6) is 0 Å². The van der Waals surface area contributed by atoms with Crippen molar-refractivity contribution in [1.82, 2.24) is 0 Å². The van der Waals surface area contributed by atoms with Crippen molar-refractivity contribution in [2.24, 2.45) is 0 Å². The predicted molar refractivity (Wildman–Crippen MR) is 119 cm³/mol. The van der Waals surface area contributed by atoms with E-state index in [-0.39, 0.29) is 11.1 Å². The normalized spacial score (nSPS) is 9.93. The molecule has 0 saturated heterocycles. The Hall–Kier alpha value is -3.40. The first-order valence-corrected chi connectivity index (χ1v) is 9.69. The molecule has 0 aliphatic rings. The van der Waals surface area contributed by atoms with Gasteiger partial charge < -0.3 is 10.4 Å². The van der Waals surface area contributed by atoms with Crippen LogP contribution < -0.4 is 5.32 Å². The van der Waals surface area contributed by atoms with Gasteiger partial charge in [-0.25, -0.2) is 4.79 Å². The van der Waals surface area contributed by atoms with E-state index in [0.29, 0.717) is 5.69 Å². The first kappa shape index (κ1) is 21.9. The molecule has 0 unspecified atom stereocenters. The van der Waals surface area contributed by atoms with Crippen LogP contribution >= 0.6 is 0 Å². The number of hydrogen-bond acceptors (Lipinski definition) is 2. The van der Waals surface area contributed by atoms with Crippen LogP contribution in [0.1, 0.15) is 52.1 Å². The number of hydrogen-bond donors (Lipinski definition) is 2. The van der Waals surface area contributed by atoms with Crippen molar-refractivity contribution in [3.05, 3.63) is 89.0 Å². The van der Waals surface area contributed by atoms with Crippen molar-refractivity contribution < 1.29 is 14.7 Å². The lowest BCUT2D eigenvalue weighted by molar-refractivity contribution is 0.0692. The first-order chi connectivity index (χ1) is 13.9. The Morgan fingerprint density at radius 3 is 1.97 bits per heavy atom. The molecule has 3 aromatic carbocycles. The lowest BCUT2D eigenvalue weighted by atomic mass is 9.96. The molecule has 0 heterocycles. The molecular formula is C25H27NO3. The van der Waals surface area contributed by atoms with E-state index in [4.69, 9.17) is 0 Å². The van der Waals surface area contributed by atoms with E-state index in [0.717, 1.165) is 22.3 Å². The van der Waals surface area contributed by atoms with Crippen molar-refractivity contribution in [3.63, 3.8) is 0 Å². The molecule has 3 aromatic rings. The molecule has 0 saturated carbocycles. The fourth-order valence-corrected chi connectivity index (χ4v) is 2.93. The highest BCUT2D eigenvalue weighted by atomic mass is 16.4. The second-order valence-corrected chi connectivity index (χ2v) is 6.86. The van der Waals surface area contributed by atoms with Crippen LogP contribution in [0.15, 0.2) is 66.7 Å². The third-order valence-corrected chi connectivity index (χ3v) is 4.33. The Labute approximate surface area is 172 Å². The largest absolute Gasteiger partial charge is 0.478 e. The molecule has 4 heteroatoms. The van der Waals surface area contributed by atoms with Crippen LogP contribution in [0.25, 0.3) is 11.1 Å². The molecule has 0 fully saturated rings. The van der Waals surface area contributed by atoms with E-state index in [9.17, 15) is 14.7 Å². The van der Waals surface area contributed by atoms with Crippen molar-refractivity contribution in [3.8, 4) is 11.1 Å². The minimum absolute atomic E-state index is 0.0174. The number of carboxylic acid groups (broad SMARTS) is 1. The van der Waals surface area contributed by atoms with Gasteiger partial charge in [-0.2, -0.15) is 0 Å². The monoisotopic (exact) mass is 389 g/mol. The van der Waals surface area contributed by atoms with Gasteiger partial charge in [-0.05, 0) is 60.4 Å². The third kappa shape index (κ3) is 5.55. The summed E-state index contributed by atoms with van der Waals surface area (Å²) in [5, 5.41) is 12.1. The van der Waals surface area contributed by atoms with Crippen molar-refractivity contribution in [1.29, 1.82) is 0 Å². The zero-order valence-electron chi connectivity index (χ0n) is 17.3. The number of amides is 1. The molecule has 0 spiro atoms. The molecule has 0 aromatic heterocycles. The lowest BCUT2D eigenvalue weighted by Crippen LogP contribution is -2.16. The van der Waals surface area contributed by atoms with Gasteiger partial charge in [0.15, 0.2) is 0 Å². The Morgan fingerprint density at radius 2 is 1.34 bits per heavy atom. The Kier molecular flexibility index (Phi) is 7.72. The van der Waals surface area contributed by atoms with E-state index in [1.807, 2.05) is 56.3 Å². The average molecular weight is 389 g/mol. The number of aryl methyl sites for hydroxylation is 2. The number of rotatable bonds is 4. The SMILES string of the molecule is CCC.Cc1ccccc1-c1cc(NC(=O)c2ccccc2C(=O)O)ccc1C. The lowest BCUT2D eigenvalue weighted by Gasteiger charge is -2.13. The van der Waals surface area contributed by atoms with Gasteiger partial charge in [0.1, 0.15) is 0 Å². The number of carbonyl (C=O) groups is 2. The van der Waals surface area contributed by atoms with Crippen LogP contribution in [-0.4, -0.2) is 17.0 Å². The minimum Gasteiger partial charge on any atom is -0.478 e. The highest BCUT2D eigenvalue weighted by Gasteiger charge is 2.16. The Balaban J connectivity index is 0.000000941. The second-order valence-electron chi connectivity index (χ2n) is 6.86. The zero-order valence-corrected chi connectivity index (χ0v) is 17.3. The van der Waals surface area contributed by atoms with Crippen molar-refractivity contribution in [2.75, 3.05) is 5.32 Å². The molecule has 3 rings (SSSR count). The molecule has 0 atom stereocenters. The van der Waals surface area contributed by atoms with Gasteiger partial charge in [0, 0.05) is 5.69 Å². The fraction of sp³-hybridized carbons (Fsp3) is 0.200. The summed E-state index contributed by atoms with van der Waals surface area (Å²) in [7, 11) is 0. The predicted octanol–water partition coefficient (Wildman–Crippen LogP) is 6.34. The summed E-state index contributed by atoms with van der Waals surface area (Å²) in [6, 6.07) is 19.9. The molecule has 0 bridgehead atoms. The highest BCUT2D eigenvalue weighted by Crippen LogP contribution is 2.29. The summed E-state index contributed by atoms with van der Waals surface area (Å²) in [5.41, 5.74) is 5.13. The van der Waals surface area contributed by atoms with Crippen LogP contribution in [0.4, 0.5) is 5.69 Å². The fourth-order valence-electron chi connectivity index (χ4n) is 2.93. The summed E-state index contributed by atoms with van der Waals surface area (Å²) in [5.74, 6) is -1.57. The van der Waals surface area contributed by atoms with Crippen LogP contribution in [0, 0.1) is 13.8 Å². The van der Waals surface area contributed by atoms with Gasteiger partial charge in [-0.15, -0.1) is 0 Å². The van der Waals surface area contributed by atoms with Crippen molar-refractivity contribution >= 4 is 17.6 Å². The smallest absolute Gasteiger partial charge is 0.336 e. The molecule has 1 amide bonds. The zero-order chi connectivity index (χ0) is 21.4. The van der Waals surface area contributed by atoms with Crippen molar-refractivity contribution in [2.45, 2.75) is 34.1 Å². The molecule has 2 N–H and O–H groups in total. The number of nitrogens with one attached hydrogen (secondary N) is 1. The second kappa shape index (κ2) is 10.2. The highest BCUT2D eigenvalue weighted by molar-refractivity contribution is 6.10. The van der Waals surface area contributed by atoms with E-state index in [2.05, 4.69) is 19.2 Å². The topological polar surface area (TPSA) is 66.4 Å². The van der Waals surface area contributed by atoms with Gasteiger partial charge in [0.25, 0.3) is 5.91 Å². The third-order valence-electron chi connectivity index (χ3n) is 4.33. The van der Waals surface area contributed by atoms with Gasteiger partial charge in [-0.1, -0.05) is 62.7 Å². The Bertz CT molecular complexity index is 1010. The minimum atomic E-state index is -1.12. The number of aromatic carboxylic acids is 1. The molecule has 4 nitrogen and oxygen atoms in total. The van der Waals surface area contributed by atoms with Crippen LogP contribution in [0.2, 0.25) is 0 Å². The van der Waals surface area contributed by atoms with E-state index in [1.54, 1.807) is 12.1 Å². The van der Waals surface area contributed by atoms with E-state index in [1.165, 1.54) is 18.6 Å². The molecule has 29 heavy (non-hydrogen) atoms. The first-order valence-electron chi connectivity index (χ1n) is 9.69. The van der Waals surface area contributed by atoms with E-state index < -0.39 is 11.9 Å². The number of anilines is 1. The standard InChI is InChI=1S/C22H19NO3.C3H8/c1-14-7-3-4-8-17(14)20-13-16(12-11-15(20)2)23-21(24)18-9-5-6-10-19(18)22(25)26;1-3-2/h3-13H,1-2H3,(H,23,24)(H,25,26);3H2,1-2H3. The van der Waals surface area contributed by atoms with E-state index >= 15 is 0 Å². The maximum atomic E-state index is 12.6. The van der Waals surface area contributed by atoms with Crippen LogP contribution in [-0.2, 0) is 0 Å². The van der Waals surface area contributed by atoms with Gasteiger partial charge in [0.2, 0.25) is 0 Å². The number of carbonyl (C=O) groups excluding carboxylic acids is 1. The summed E-state index contributed by atoms with van der Waals surface area (Å²) >= 11 is 0. The maximum Gasteiger partial charge on any atom is 0.336 e. The summed E-state index contributed by atoms with van der Waals surface area (Å²) in [6.45, 7) is 8.32. The summed E-state index contributed by atoms with van der Waals surface area (Å²) < 4.78 is 0. The molecule has 150 valence electrons. The summed E-state index contributed by atoms with van der Waals surface area (Å²) in [4.78, 5) is 23.9. The molecule has 0 radical (unpaired) electrons. The Morgan fingerprint density at radius 1 is 0.793 bits per heavy atom.